The molecule has 6 heteroatoms. The molecule has 0 fully saturated rings. The molecule has 0 unspecified atom stereocenters. The standard InChI is InChI=1S/C23H35N3.Au.2ClH/c1-16-12-18(3)22(19(4)13-16)24-8-10-26(7)11-9-25-23-20(5)14-17(2)15-21(23)6;;;/h12-15,24-25H,8-11H2,1-7H3;;2*1H/q;+2;;/p-2. The molecule has 2 aromatic carbocycles. The van der Waals surface area contributed by atoms with Crippen molar-refractivity contribution >= 4 is 11.4 Å². The van der Waals surface area contributed by atoms with E-state index in [9.17, 15) is 0 Å². The summed E-state index contributed by atoms with van der Waals surface area (Å²) in [5.41, 5.74) is 10.6. The predicted octanol–water partition coefficient (Wildman–Crippen LogP) is -1.00. The molecule has 2 rings (SSSR count). The van der Waals surface area contributed by atoms with E-state index in [4.69, 9.17) is 0 Å². The van der Waals surface area contributed by atoms with Gasteiger partial charge in [-0.15, -0.1) is 0 Å². The molecule has 0 aliphatic carbocycles. The fourth-order valence-electron chi connectivity index (χ4n) is 3.77. The van der Waals surface area contributed by atoms with Gasteiger partial charge >= 0.3 is 22.4 Å². The summed E-state index contributed by atoms with van der Waals surface area (Å²) < 4.78 is 0. The Balaban J connectivity index is 0. The minimum atomic E-state index is 0. The minimum absolute atomic E-state index is 0. The molecule has 29 heavy (non-hydrogen) atoms. The van der Waals surface area contributed by atoms with Crippen molar-refractivity contribution in [3.05, 3.63) is 57.6 Å². The van der Waals surface area contributed by atoms with Crippen LogP contribution in [0.1, 0.15) is 33.4 Å². The summed E-state index contributed by atoms with van der Waals surface area (Å²) in [6.45, 7) is 17.0. The zero-order valence-electron chi connectivity index (χ0n) is 18.6. The molecule has 0 saturated heterocycles. The molecule has 2 aromatic rings. The van der Waals surface area contributed by atoms with Gasteiger partial charge in [0, 0.05) is 37.6 Å². The van der Waals surface area contributed by atoms with E-state index in [1.165, 1.54) is 44.8 Å². The number of halogens is 2. The quantitative estimate of drug-likeness (QED) is 0.371. The summed E-state index contributed by atoms with van der Waals surface area (Å²) in [5, 5.41) is 7.22. The predicted molar refractivity (Wildman–Crippen MR) is 116 cm³/mol. The largest absolute Gasteiger partial charge is 2.00 e. The molecule has 0 spiro atoms. The van der Waals surface area contributed by atoms with Gasteiger partial charge in [-0.1, -0.05) is 35.4 Å². The Hall–Kier alpha value is -0.680. The zero-order valence-corrected chi connectivity index (χ0v) is 22.3. The third kappa shape index (κ3) is 9.33. The zero-order chi connectivity index (χ0) is 19.3. The van der Waals surface area contributed by atoms with E-state index < -0.39 is 0 Å². The van der Waals surface area contributed by atoms with Crippen molar-refractivity contribution < 1.29 is 47.2 Å². The van der Waals surface area contributed by atoms with E-state index in [0.29, 0.717) is 0 Å². The van der Waals surface area contributed by atoms with Crippen LogP contribution in [0.2, 0.25) is 0 Å². The number of benzene rings is 2. The molecule has 0 bridgehead atoms. The molecule has 0 heterocycles. The van der Waals surface area contributed by atoms with E-state index in [-0.39, 0.29) is 47.2 Å². The normalized spacial score (nSPS) is 9.93. The summed E-state index contributed by atoms with van der Waals surface area (Å²) in [5.74, 6) is 0. The average molecular weight is 621 g/mol. The van der Waals surface area contributed by atoms with E-state index in [1.807, 2.05) is 0 Å². The first-order chi connectivity index (χ1) is 12.3. The Labute approximate surface area is 205 Å². The molecule has 2 N–H and O–H groups in total. The van der Waals surface area contributed by atoms with Crippen LogP contribution in [0.4, 0.5) is 11.4 Å². The molecule has 0 atom stereocenters. The van der Waals surface area contributed by atoms with Gasteiger partial charge < -0.3 is 40.3 Å². The van der Waals surface area contributed by atoms with Gasteiger partial charge in [0.05, 0.1) is 0 Å². The van der Waals surface area contributed by atoms with Gasteiger partial charge in [-0.05, 0) is 70.8 Å². The van der Waals surface area contributed by atoms with E-state index in [0.717, 1.165) is 26.2 Å². The van der Waals surface area contributed by atoms with E-state index in [2.05, 4.69) is 88.4 Å². The molecule has 0 aliphatic rings. The van der Waals surface area contributed by atoms with E-state index in [1.54, 1.807) is 0 Å². The number of rotatable bonds is 8. The first-order valence-corrected chi connectivity index (χ1v) is 9.60. The minimum Gasteiger partial charge on any atom is -1.00 e. The SMILES string of the molecule is Cc1cc(C)c(NCCN(C)CCNc2c(C)cc(C)cc2C)c(C)c1.[Au+2].[Cl-].[Cl-]. The Bertz CT molecular complexity index is 656. The Morgan fingerprint density at radius 3 is 1.17 bits per heavy atom. The third-order valence-corrected chi connectivity index (χ3v) is 4.94. The van der Waals surface area contributed by atoms with Crippen LogP contribution in [0.5, 0.6) is 0 Å². The van der Waals surface area contributed by atoms with Gasteiger partial charge in [-0.25, -0.2) is 0 Å². The number of nitrogens with one attached hydrogen (secondary N) is 2. The van der Waals surface area contributed by atoms with Gasteiger partial charge in [0.25, 0.3) is 0 Å². The second kappa shape index (κ2) is 14.3. The third-order valence-electron chi connectivity index (χ3n) is 4.94. The van der Waals surface area contributed by atoms with Crippen LogP contribution < -0.4 is 35.4 Å². The maximum Gasteiger partial charge on any atom is 2.00 e. The number of aryl methyl sites for hydroxylation is 6. The van der Waals surface area contributed by atoms with Gasteiger partial charge in [0.15, 0.2) is 0 Å². The molecule has 3 nitrogen and oxygen atoms in total. The molecule has 1 radical (unpaired) electrons. The van der Waals surface area contributed by atoms with Crippen LogP contribution in [-0.2, 0) is 22.4 Å². The number of anilines is 2. The summed E-state index contributed by atoms with van der Waals surface area (Å²) in [4.78, 5) is 2.37. The van der Waals surface area contributed by atoms with Gasteiger partial charge in [0.2, 0.25) is 0 Å². The maximum atomic E-state index is 3.61. The topological polar surface area (TPSA) is 27.3 Å². The maximum absolute atomic E-state index is 3.61. The first-order valence-electron chi connectivity index (χ1n) is 9.60. The van der Waals surface area contributed by atoms with Crippen molar-refractivity contribution in [2.24, 2.45) is 0 Å². The Kier molecular flexibility index (Phi) is 15.1. The molecular weight excluding hydrogens is 586 g/mol. The van der Waals surface area contributed by atoms with Crippen LogP contribution in [0, 0.1) is 41.5 Å². The summed E-state index contributed by atoms with van der Waals surface area (Å²) >= 11 is 0. The number of likely N-dealkylation sites (N-methyl/N-ethyl adjacent to an activating group) is 1. The Morgan fingerprint density at radius 1 is 0.621 bits per heavy atom. The molecule has 167 valence electrons. The molecule has 0 amide bonds. The molecular formula is C23H35AuCl2N3. The van der Waals surface area contributed by atoms with Crippen molar-refractivity contribution in [2.75, 3.05) is 43.9 Å². The fourth-order valence-corrected chi connectivity index (χ4v) is 3.77. The van der Waals surface area contributed by atoms with Crippen LogP contribution in [0.15, 0.2) is 24.3 Å². The molecule has 0 aliphatic heterocycles. The second-order valence-electron chi connectivity index (χ2n) is 7.70. The van der Waals surface area contributed by atoms with Crippen LogP contribution in [0.25, 0.3) is 0 Å². The van der Waals surface area contributed by atoms with E-state index >= 15 is 0 Å². The van der Waals surface area contributed by atoms with Crippen molar-refractivity contribution in [3.8, 4) is 0 Å². The van der Waals surface area contributed by atoms with Gasteiger partial charge in [-0.2, -0.15) is 0 Å². The first kappa shape index (κ1) is 30.5. The number of hydrogen-bond acceptors (Lipinski definition) is 3. The van der Waals surface area contributed by atoms with Crippen LogP contribution in [-0.4, -0.2) is 38.1 Å². The monoisotopic (exact) mass is 620 g/mol. The number of nitrogens with zero attached hydrogens (tertiary/aromatic N) is 1. The van der Waals surface area contributed by atoms with Crippen molar-refractivity contribution in [2.45, 2.75) is 41.5 Å². The van der Waals surface area contributed by atoms with Crippen molar-refractivity contribution in [3.63, 3.8) is 0 Å². The summed E-state index contributed by atoms with van der Waals surface area (Å²) in [6.07, 6.45) is 0. The van der Waals surface area contributed by atoms with Crippen LogP contribution in [0.3, 0.4) is 0 Å². The fraction of sp³-hybridized carbons (Fsp3) is 0.478. The Morgan fingerprint density at radius 2 is 0.897 bits per heavy atom. The summed E-state index contributed by atoms with van der Waals surface area (Å²) in [7, 11) is 2.19. The van der Waals surface area contributed by atoms with Crippen molar-refractivity contribution in [1.29, 1.82) is 0 Å². The second-order valence-corrected chi connectivity index (χ2v) is 7.70. The van der Waals surface area contributed by atoms with Gasteiger partial charge in [-0.3, -0.25) is 0 Å². The molecule has 0 saturated carbocycles. The van der Waals surface area contributed by atoms with Gasteiger partial charge in [0.1, 0.15) is 0 Å². The molecule has 0 aromatic heterocycles. The average Bonchev–Trinajstić information content (AvgIpc) is 2.52. The van der Waals surface area contributed by atoms with Crippen molar-refractivity contribution in [1.82, 2.24) is 4.90 Å². The number of hydrogen-bond donors (Lipinski definition) is 2. The van der Waals surface area contributed by atoms with Crippen LogP contribution >= 0.6 is 0 Å². The smallest absolute Gasteiger partial charge is 1.00 e. The summed E-state index contributed by atoms with van der Waals surface area (Å²) in [6, 6.07) is 8.98.